The average molecular weight is 299 g/mol. The summed E-state index contributed by atoms with van der Waals surface area (Å²) in [5.41, 5.74) is 9.76. The van der Waals surface area contributed by atoms with Gasteiger partial charge in [-0.15, -0.1) is 0 Å². The van der Waals surface area contributed by atoms with Crippen LogP contribution in [-0.2, 0) is 16.1 Å². The van der Waals surface area contributed by atoms with E-state index in [9.17, 15) is 14.4 Å². The summed E-state index contributed by atoms with van der Waals surface area (Å²) in [5, 5.41) is 2.79. The van der Waals surface area contributed by atoms with Crippen LogP contribution in [0.15, 0.2) is 9.59 Å². The van der Waals surface area contributed by atoms with Gasteiger partial charge in [0.15, 0.2) is 0 Å². The zero-order valence-corrected chi connectivity index (χ0v) is 12.1. The highest BCUT2D eigenvalue weighted by atomic mass is 16.5. The molecule has 0 aliphatic rings. The van der Waals surface area contributed by atoms with Gasteiger partial charge in [-0.1, -0.05) is 13.8 Å². The number of nitrogens with zero attached hydrogens (tertiary/aromatic N) is 1. The summed E-state index contributed by atoms with van der Waals surface area (Å²) in [5.74, 6) is -0.298. The molecular weight excluding hydrogens is 278 g/mol. The number of carbonyl (C=O) groups is 1. The Morgan fingerprint density at radius 1 is 1.43 bits per heavy atom. The number of anilines is 2. The van der Waals surface area contributed by atoms with E-state index in [4.69, 9.17) is 16.2 Å². The van der Waals surface area contributed by atoms with Gasteiger partial charge in [0.1, 0.15) is 18.1 Å². The second-order valence-electron chi connectivity index (χ2n) is 4.97. The average Bonchev–Trinajstić information content (AvgIpc) is 2.37. The van der Waals surface area contributed by atoms with Crippen LogP contribution in [0.1, 0.15) is 13.8 Å². The van der Waals surface area contributed by atoms with Crippen LogP contribution in [0.5, 0.6) is 0 Å². The lowest BCUT2D eigenvalue weighted by molar-refractivity contribution is -0.122. The van der Waals surface area contributed by atoms with Crippen LogP contribution < -0.4 is 28.0 Å². The van der Waals surface area contributed by atoms with Crippen LogP contribution in [0.3, 0.4) is 0 Å². The van der Waals surface area contributed by atoms with Crippen molar-refractivity contribution in [2.45, 2.75) is 20.4 Å². The Labute approximate surface area is 121 Å². The maximum Gasteiger partial charge on any atom is 0.330 e. The van der Waals surface area contributed by atoms with Crippen LogP contribution in [0, 0.1) is 5.92 Å². The number of carbonyl (C=O) groups excluding carboxylic acids is 1. The number of nitrogens with one attached hydrogen (secondary N) is 2. The second-order valence-corrected chi connectivity index (χ2v) is 4.97. The highest BCUT2D eigenvalue weighted by Gasteiger charge is 2.12. The molecule has 21 heavy (non-hydrogen) atoms. The number of aromatic nitrogens is 2. The lowest BCUT2D eigenvalue weighted by atomic mass is 10.2. The number of aromatic amines is 1. The molecule has 6 N–H and O–H groups in total. The molecule has 0 aliphatic heterocycles. The smallest absolute Gasteiger partial charge is 0.330 e. The summed E-state index contributed by atoms with van der Waals surface area (Å²) < 4.78 is 6.26. The predicted molar refractivity (Wildman–Crippen MR) is 79.1 cm³/mol. The molecular formula is C12H21N5O4. The number of primary amides is 1. The number of H-pyrrole nitrogens is 1. The summed E-state index contributed by atoms with van der Waals surface area (Å²) in [4.78, 5) is 36.2. The minimum Gasteiger partial charge on any atom is -0.383 e. The Kier molecular flexibility index (Phi) is 5.97. The minimum absolute atomic E-state index is 0.0763. The number of rotatable bonds is 8. The van der Waals surface area contributed by atoms with E-state index in [1.807, 2.05) is 13.8 Å². The van der Waals surface area contributed by atoms with Crippen molar-refractivity contribution in [3.05, 3.63) is 20.8 Å². The Morgan fingerprint density at radius 2 is 2.10 bits per heavy atom. The topological polar surface area (TPSA) is 145 Å². The molecule has 0 saturated heterocycles. The predicted octanol–water partition coefficient (Wildman–Crippen LogP) is -1.31. The number of amides is 1. The maximum absolute atomic E-state index is 11.7. The Morgan fingerprint density at radius 3 is 2.67 bits per heavy atom. The molecule has 0 aliphatic carbocycles. The van der Waals surface area contributed by atoms with Crippen molar-refractivity contribution in [2.75, 3.05) is 30.8 Å². The molecule has 0 aromatic carbocycles. The maximum atomic E-state index is 11.7. The fourth-order valence-electron chi connectivity index (χ4n) is 1.73. The van der Waals surface area contributed by atoms with Crippen molar-refractivity contribution >= 4 is 17.4 Å². The first kappa shape index (κ1) is 16.8. The van der Waals surface area contributed by atoms with E-state index in [2.05, 4.69) is 10.3 Å². The molecule has 118 valence electrons. The van der Waals surface area contributed by atoms with E-state index in [0.717, 1.165) is 0 Å². The first-order valence-electron chi connectivity index (χ1n) is 6.55. The van der Waals surface area contributed by atoms with Crippen molar-refractivity contribution < 1.29 is 9.53 Å². The molecule has 1 heterocycles. The summed E-state index contributed by atoms with van der Waals surface area (Å²) in [7, 11) is 0. The van der Waals surface area contributed by atoms with Crippen LogP contribution in [0.2, 0.25) is 0 Å². The van der Waals surface area contributed by atoms with Crippen molar-refractivity contribution in [1.29, 1.82) is 0 Å². The molecule has 9 nitrogen and oxygen atoms in total. The SMILES string of the molecule is CC(C)Cn1c(N)c(NCCOCC(N)=O)c(=O)[nH]c1=O. The quantitative estimate of drug-likeness (QED) is 0.438. The third kappa shape index (κ3) is 4.95. The van der Waals surface area contributed by atoms with Gasteiger partial charge in [-0.05, 0) is 5.92 Å². The summed E-state index contributed by atoms with van der Waals surface area (Å²) >= 11 is 0. The molecule has 0 unspecified atom stereocenters. The van der Waals surface area contributed by atoms with Crippen LogP contribution in [0.4, 0.5) is 11.5 Å². The molecule has 1 amide bonds. The summed E-state index contributed by atoms with van der Waals surface area (Å²) in [6, 6.07) is 0. The van der Waals surface area contributed by atoms with Crippen molar-refractivity contribution in [3.63, 3.8) is 0 Å². The minimum atomic E-state index is -0.590. The molecule has 1 rings (SSSR count). The van der Waals surface area contributed by atoms with Gasteiger partial charge >= 0.3 is 5.69 Å². The van der Waals surface area contributed by atoms with E-state index in [1.54, 1.807) is 0 Å². The molecule has 0 spiro atoms. The standard InChI is InChI=1S/C12H21N5O4/c1-7(2)5-17-10(14)9(11(19)16-12(17)20)15-3-4-21-6-8(13)18/h7,15H,3-6,14H2,1-2H3,(H2,13,18)(H,16,19,20). The molecule has 0 fully saturated rings. The monoisotopic (exact) mass is 299 g/mol. The van der Waals surface area contributed by atoms with Gasteiger partial charge in [-0.2, -0.15) is 0 Å². The van der Waals surface area contributed by atoms with Crippen molar-refractivity contribution in [3.8, 4) is 0 Å². The van der Waals surface area contributed by atoms with E-state index in [1.165, 1.54) is 4.57 Å². The number of ether oxygens (including phenoxy) is 1. The third-order valence-corrected chi connectivity index (χ3v) is 2.58. The van der Waals surface area contributed by atoms with Gasteiger partial charge in [0.05, 0.1) is 6.61 Å². The van der Waals surface area contributed by atoms with E-state index >= 15 is 0 Å². The first-order valence-corrected chi connectivity index (χ1v) is 6.55. The normalized spacial score (nSPS) is 10.8. The van der Waals surface area contributed by atoms with E-state index < -0.39 is 17.2 Å². The molecule has 1 aromatic rings. The molecule has 1 aromatic heterocycles. The van der Waals surface area contributed by atoms with Gasteiger partial charge in [-0.25, -0.2) is 4.79 Å². The van der Waals surface area contributed by atoms with E-state index in [-0.39, 0.29) is 37.2 Å². The number of hydrogen-bond donors (Lipinski definition) is 4. The zero-order chi connectivity index (χ0) is 16.0. The fourth-order valence-corrected chi connectivity index (χ4v) is 1.73. The first-order chi connectivity index (χ1) is 9.82. The lowest BCUT2D eigenvalue weighted by Gasteiger charge is -2.15. The second kappa shape index (κ2) is 7.48. The van der Waals surface area contributed by atoms with Gasteiger partial charge in [0.25, 0.3) is 5.56 Å². The number of nitrogen functional groups attached to an aromatic ring is 1. The van der Waals surface area contributed by atoms with Crippen LogP contribution in [-0.4, -0.2) is 35.2 Å². The molecule has 9 heteroatoms. The van der Waals surface area contributed by atoms with Gasteiger partial charge in [0.2, 0.25) is 5.91 Å². The van der Waals surface area contributed by atoms with Gasteiger partial charge < -0.3 is 21.5 Å². The fraction of sp³-hybridized carbons (Fsp3) is 0.583. The molecule has 0 saturated carbocycles. The molecule has 0 atom stereocenters. The highest BCUT2D eigenvalue weighted by Crippen LogP contribution is 2.11. The Bertz CT molecular complexity index is 605. The van der Waals surface area contributed by atoms with Crippen LogP contribution >= 0.6 is 0 Å². The van der Waals surface area contributed by atoms with Crippen molar-refractivity contribution in [2.24, 2.45) is 11.7 Å². The number of nitrogens with two attached hydrogens (primary N) is 2. The molecule has 0 radical (unpaired) electrons. The van der Waals surface area contributed by atoms with Gasteiger partial charge in [0, 0.05) is 13.1 Å². The third-order valence-electron chi connectivity index (χ3n) is 2.58. The summed E-state index contributed by atoms with van der Waals surface area (Å²) in [6.45, 7) is 4.49. The van der Waals surface area contributed by atoms with Crippen molar-refractivity contribution in [1.82, 2.24) is 9.55 Å². The van der Waals surface area contributed by atoms with Crippen LogP contribution in [0.25, 0.3) is 0 Å². The van der Waals surface area contributed by atoms with E-state index in [0.29, 0.717) is 6.54 Å². The van der Waals surface area contributed by atoms with Gasteiger partial charge in [-0.3, -0.25) is 19.1 Å². The largest absolute Gasteiger partial charge is 0.383 e. The zero-order valence-electron chi connectivity index (χ0n) is 12.1. The Balaban J connectivity index is 2.80. The summed E-state index contributed by atoms with van der Waals surface area (Å²) in [6.07, 6.45) is 0. The Hall–Kier alpha value is -2.29. The molecule has 0 bridgehead atoms. The number of hydrogen-bond acceptors (Lipinski definition) is 6. The lowest BCUT2D eigenvalue weighted by Crippen LogP contribution is -2.35. The highest BCUT2D eigenvalue weighted by molar-refractivity contribution is 5.74.